The molecule has 3 nitrogen and oxygen atoms in total. The molecule has 2 aromatic carbocycles. The van der Waals surface area contributed by atoms with Crippen LogP contribution in [0.2, 0.25) is 0 Å². The van der Waals surface area contributed by atoms with Crippen molar-refractivity contribution in [2.45, 2.75) is 26.8 Å². The summed E-state index contributed by atoms with van der Waals surface area (Å²) in [5.74, 6) is -0.0496. The van der Waals surface area contributed by atoms with E-state index in [2.05, 4.69) is 5.10 Å². The topological polar surface area (TPSA) is 38.1 Å². The van der Waals surface area contributed by atoms with E-state index in [4.69, 9.17) is 0 Å². The summed E-state index contributed by atoms with van der Waals surface area (Å²) >= 11 is 0. The third kappa shape index (κ3) is 2.17. The summed E-state index contributed by atoms with van der Waals surface area (Å²) in [7, 11) is 0. The zero-order chi connectivity index (χ0) is 15.1. The first kappa shape index (κ1) is 13.6. The molecule has 3 rings (SSSR count). The Bertz CT molecular complexity index is 821. The van der Waals surface area contributed by atoms with E-state index in [9.17, 15) is 9.50 Å². The van der Waals surface area contributed by atoms with Crippen molar-refractivity contribution < 1.29 is 9.50 Å². The molecule has 0 saturated carbocycles. The number of para-hydroxylation sites is 1. The minimum Gasteiger partial charge on any atom is -0.508 e. The highest BCUT2D eigenvalue weighted by Gasteiger charge is 2.18. The second kappa shape index (κ2) is 4.88. The van der Waals surface area contributed by atoms with E-state index >= 15 is 0 Å². The Morgan fingerprint density at radius 2 is 1.95 bits per heavy atom. The fourth-order valence-electron chi connectivity index (χ4n) is 2.64. The van der Waals surface area contributed by atoms with E-state index in [0.717, 1.165) is 22.2 Å². The molecule has 4 heteroatoms. The van der Waals surface area contributed by atoms with Crippen molar-refractivity contribution in [2.24, 2.45) is 0 Å². The summed E-state index contributed by atoms with van der Waals surface area (Å²) in [6.07, 6.45) is 0. The van der Waals surface area contributed by atoms with Gasteiger partial charge in [0.25, 0.3) is 0 Å². The molecule has 21 heavy (non-hydrogen) atoms. The lowest BCUT2D eigenvalue weighted by molar-refractivity contribution is 0.475. The highest BCUT2D eigenvalue weighted by Crippen LogP contribution is 2.33. The number of aromatic nitrogens is 2. The van der Waals surface area contributed by atoms with Gasteiger partial charge in [-0.3, -0.25) is 4.68 Å². The number of aromatic hydroxyl groups is 1. The summed E-state index contributed by atoms with van der Waals surface area (Å²) in [6.45, 7) is 5.87. The maximum absolute atomic E-state index is 14.2. The van der Waals surface area contributed by atoms with Gasteiger partial charge in [0.2, 0.25) is 0 Å². The number of benzene rings is 2. The van der Waals surface area contributed by atoms with Crippen molar-refractivity contribution in [2.75, 3.05) is 0 Å². The summed E-state index contributed by atoms with van der Waals surface area (Å²) in [5, 5.41) is 14.9. The fraction of sp³-hybridized carbons (Fsp3) is 0.235. The molecule has 1 aromatic heterocycles. The largest absolute Gasteiger partial charge is 0.508 e. The molecule has 0 atom stereocenters. The van der Waals surface area contributed by atoms with Crippen LogP contribution in [0.15, 0.2) is 36.4 Å². The third-order valence-corrected chi connectivity index (χ3v) is 3.63. The van der Waals surface area contributed by atoms with E-state index in [1.807, 2.05) is 32.9 Å². The van der Waals surface area contributed by atoms with Gasteiger partial charge < -0.3 is 5.11 Å². The molecule has 0 aliphatic rings. The predicted molar refractivity (Wildman–Crippen MR) is 81.9 cm³/mol. The van der Waals surface area contributed by atoms with Crippen molar-refractivity contribution in [1.82, 2.24) is 9.78 Å². The highest BCUT2D eigenvalue weighted by molar-refractivity contribution is 5.94. The van der Waals surface area contributed by atoms with Gasteiger partial charge >= 0.3 is 0 Å². The number of hydrogen-bond donors (Lipinski definition) is 1. The Labute approximate surface area is 122 Å². The van der Waals surface area contributed by atoms with Crippen LogP contribution in [0.25, 0.3) is 22.2 Å². The number of nitrogens with zero attached hydrogens (tertiary/aromatic N) is 2. The Balaban J connectivity index is 2.36. The Kier molecular flexibility index (Phi) is 3.16. The van der Waals surface area contributed by atoms with Crippen LogP contribution in [0.4, 0.5) is 4.39 Å². The minimum atomic E-state index is -0.267. The molecule has 0 aliphatic heterocycles. The molecule has 108 valence electrons. The quantitative estimate of drug-likeness (QED) is 0.755. The number of aryl methyl sites for hydroxylation is 1. The molecule has 0 saturated heterocycles. The molecule has 0 spiro atoms. The van der Waals surface area contributed by atoms with Crippen LogP contribution in [0, 0.1) is 12.7 Å². The predicted octanol–water partition coefficient (Wildman–Crippen LogP) is 4.44. The third-order valence-electron chi connectivity index (χ3n) is 3.63. The number of hydrogen-bond acceptors (Lipinski definition) is 2. The number of fused-ring (bicyclic) bond motifs is 1. The average Bonchev–Trinajstić information content (AvgIpc) is 2.80. The Morgan fingerprint density at radius 3 is 2.62 bits per heavy atom. The Morgan fingerprint density at radius 1 is 1.19 bits per heavy atom. The Hall–Kier alpha value is -2.36. The number of halogens is 1. The van der Waals surface area contributed by atoms with E-state index in [1.165, 1.54) is 6.07 Å². The van der Waals surface area contributed by atoms with Gasteiger partial charge in [-0.05, 0) is 50.6 Å². The van der Waals surface area contributed by atoms with Gasteiger partial charge in [0.05, 0.1) is 0 Å². The normalized spacial score (nSPS) is 11.5. The highest BCUT2D eigenvalue weighted by atomic mass is 19.1. The molecule has 0 amide bonds. The van der Waals surface area contributed by atoms with Gasteiger partial charge in [0.1, 0.15) is 22.8 Å². The van der Waals surface area contributed by atoms with E-state index in [-0.39, 0.29) is 17.6 Å². The molecule has 0 unspecified atom stereocenters. The molecule has 0 bridgehead atoms. The molecule has 0 radical (unpaired) electrons. The monoisotopic (exact) mass is 284 g/mol. The van der Waals surface area contributed by atoms with Crippen LogP contribution in [0.1, 0.15) is 25.5 Å². The number of phenols is 1. The first-order valence-electron chi connectivity index (χ1n) is 6.95. The van der Waals surface area contributed by atoms with Crippen LogP contribution in [-0.2, 0) is 0 Å². The van der Waals surface area contributed by atoms with Gasteiger partial charge in [-0.25, -0.2) is 4.39 Å². The minimum absolute atomic E-state index is 0.0653. The summed E-state index contributed by atoms with van der Waals surface area (Å²) in [6, 6.07) is 10.2. The zero-order valence-corrected chi connectivity index (χ0v) is 12.3. The molecule has 0 fully saturated rings. The first-order chi connectivity index (χ1) is 9.99. The lowest BCUT2D eigenvalue weighted by Crippen LogP contribution is -2.03. The van der Waals surface area contributed by atoms with Crippen LogP contribution >= 0.6 is 0 Å². The van der Waals surface area contributed by atoms with Gasteiger partial charge in [0, 0.05) is 17.0 Å². The molecular formula is C17H17FN2O. The van der Waals surface area contributed by atoms with Crippen molar-refractivity contribution in [1.29, 1.82) is 0 Å². The summed E-state index contributed by atoms with van der Waals surface area (Å²) < 4.78 is 15.9. The maximum Gasteiger partial charge on any atom is 0.149 e. The summed E-state index contributed by atoms with van der Waals surface area (Å²) in [5.41, 5.74) is 3.09. The lowest BCUT2D eigenvalue weighted by atomic mass is 10.0. The molecule has 0 aliphatic carbocycles. The van der Waals surface area contributed by atoms with Crippen LogP contribution in [-0.4, -0.2) is 14.9 Å². The van der Waals surface area contributed by atoms with E-state index in [1.54, 1.807) is 22.9 Å². The van der Waals surface area contributed by atoms with Crippen molar-refractivity contribution in [3.05, 3.63) is 47.8 Å². The zero-order valence-electron chi connectivity index (χ0n) is 12.3. The molecular weight excluding hydrogens is 267 g/mol. The van der Waals surface area contributed by atoms with Crippen LogP contribution in [0.3, 0.4) is 0 Å². The average molecular weight is 284 g/mol. The molecule has 1 heterocycles. The van der Waals surface area contributed by atoms with Crippen molar-refractivity contribution >= 4 is 10.9 Å². The SMILES string of the molecule is Cc1cc(O)ccc1-c1nn(C(C)C)c2c(F)cccc12. The van der Waals surface area contributed by atoms with Crippen molar-refractivity contribution in [3.8, 4) is 17.0 Å². The van der Waals surface area contributed by atoms with Gasteiger partial charge in [-0.15, -0.1) is 0 Å². The standard InChI is InChI=1S/C17H17FN2O/c1-10(2)20-17-14(5-4-6-15(17)18)16(19-20)13-8-7-12(21)9-11(13)3/h4-10,21H,1-3H3. The van der Waals surface area contributed by atoms with Gasteiger partial charge in [-0.1, -0.05) is 12.1 Å². The van der Waals surface area contributed by atoms with Crippen LogP contribution < -0.4 is 0 Å². The van der Waals surface area contributed by atoms with E-state index < -0.39 is 0 Å². The maximum atomic E-state index is 14.2. The van der Waals surface area contributed by atoms with Gasteiger partial charge in [0.15, 0.2) is 0 Å². The second-order valence-electron chi connectivity index (χ2n) is 5.52. The summed E-state index contributed by atoms with van der Waals surface area (Å²) in [4.78, 5) is 0. The second-order valence-corrected chi connectivity index (χ2v) is 5.52. The van der Waals surface area contributed by atoms with Crippen molar-refractivity contribution in [3.63, 3.8) is 0 Å². The number of rotatable bonds is 2. The molecule has 1 N–H and O–H groups in total. The van der Waals surface area contributed by atoms with Crippen LogP contribution in [0.5, 0.6) is 5.75 Å². The fourth-order valence-corrected chi connectivity index (χ4v) is 2.64. The lowest BCUT2D eigenvalue weighted by Gasteiger charge is -2.07. The number of phenolic OH excluding ortho intramolecular Hbond substituents is 1. The first-order valence-corrected chi connectivity index (χ1v) is 6.95. The smallest absolute Gasteiger partial charge is 0.149 e. The molecule has 3 aromatic rings. The van der Waals surface area contributed by atoms with E-state index in [0.29, 0.717) is 5.52 Å². The van der Waals surface area contributed by atoms with Gasteiger partial charge in [-0.2, -0.15) is 5.10 Å².